The zero-order chi connectivity index (χ0) is 27.6. The number of piperazine rings is 1. The molecular weight excluding hydrogens is 508 g/mol. The number of benzene rings is 1. The van der Waals surface area contributed by atoms with Crippen LogP contribution in [0.15, 0.2) is 24.3 Å². The van der Waals surface area contributed by atoms with Crippen molar-refractivity contribution >= 4 is 23.4 Å². The highest BCUT2D eigenvalue weighted by Crippen LogP contribution is 2.45. The topological polar surface area (TPSA) is 55.9 Å². The Morgan fingerprint density at radius 2 is 1.54 bits per heavy atom. The minimum atomic E-state index is -0.832. The van der Waals surface area contributed by atoms with Crippen LogP contribution in [0, 0.1) is 5.41 Å². The molecule has 4 aliphatic rings. The smallest absolute Gasteiger partial charge is 0.250 e. The Morgan fingerprint density at radius 3 is 2.18 bits per heavy atom. The molecule has 5 rings (SSSR count). The molecule has 1 aliphatic carbocycles. The van der Waals surface area contributed by atoms with Crippen LogP contribution in [0.3, 0.4) is 0 Å². The zero-order valence-corrected chi connectivity index (χ0v) is 25.1. The summed E-state index contributed by atoms with van der Waals surface area (Å²) in [5.41, 5.74) is 0.601. The van der Waals surface area contributed by atoms with Crippen molar-refractivity contribution in [2.45, 2.75) is 122 Å². The second-order valence-electron chi connectivity index (χ2n) is 13.2. The highest BCUT2D eigenvalue weighted by Gasteiger charge is 2.58. The number of hydrogen-bond donors (Lipinski definition) is 1. The van der Waals surface area contributed by atoms with Crippen LogP contribution in [0.25, 0.3) is 0 Å². The molecule has 1 aromatic rings. The number of carbonyl (C=O) groups is 2. The van der Waals surface area contributed by atoms with Crippen molar-refractivity contribution in [3.8, 4) is 0 Å². The Morgan fingerprint density at radius 1 is 0.897 bits per heavy atom. The van der Waals surface area contributed by atoms with E-state index in [-0.39, 0.29) is 36.6 Å². The van der Waals surface area contributed by atoms with Gasteiger partial charge in [0, 0.05) is 24.2 Å². The highest BCUT2D eigenvalue weighted by molar-refractivity contribution is 6.30. The molecular formula is C32H49ClN4O2. The first-order valence-corrected chi connectivity index (χ1v) is 16.0. The predicted molar refractivity (Wildman–Crippen MR) is 157 cm³/mol. The highest BCUT2D eigenvalue weighted by atomic mass is 35.5. The minimum absolute atomic E-state index is 0.000576. The molecule has 3 atom stereocenters. The summed E-state index contributed by atoms with van der Waals surface area (Å²) in [6.45, 7) is 8.75. The van der Waals surface area contributed by atoms with Gasteiger partial charge in [0.2, 0.25) is 5.91 Å². The van der Waals surface area contributed by atoms with Crippen molar-refractivity contribution in [3.63, 3.8) is 0 Å². The van der Waals surface area contributed by atoms with Crippen LogP contribution in [0.4, 0.5) is 0 Å². The van der Waals surface area contributed by atoms with Crippen LogP contribution in [-0.2, 0) is 9.59 Å². The minimum Gasteiger partial charge on any atom is -0.329 e. The molecule has 1 aromatic carbocycles. The molecule has 0 radical (unpaired) electrons. The van der Waals surface area contributed by atoms with Gasteiger partial charge in [0.25, 0.3) is 5.91 Å². The summed E-state index contributed by atoms with van der Waals surface area (Å²) in [5.74, 6) is 0.164. The van der Waals surface area contributed by atoms with E-state index in [4.69, 9.17) is 11.6 Å². The number of hydrogen-bond acceptors (Lipinski definition) is 4. The number of rotatable bonds is 4. The van der Waals surface area contributed by atoms with E-state index in [1.165, 1.54) is 64.2 Å². The lowest BCUT2D eigenvalue weighted by Gasteiger charge is -2.51. The monoisotopic (exact) mass is 556 g/mol. The fourth-order valence-corrected chi connectivity index (χ4v) is 8.19. The molecule has 3 aliphatic heterocycles. The first kappa shape index (κ1) is 28.9. The summed E-state index contributed by atoms with van der Waals surface area (Å²) in [5, 5.41) is 4.52. The van der Waals surface area contributed by atoms with Gasteiger partial charge in [-0.2, -0.15) is 0 Å². The number of carbonyl (C=O) groups excluding carboxylic acids is 2. The van der Waals surface area contributed by atoms with Gasteiger partial charge in [-0.3, -0.25) is 14.5 Å². The van der Waals surface area contributed by atoms with E-state index in [1.54, 1.807) is 0 Å². The molecule has 39 heavy (non-hydrogen) atoms. The van der Waals surface area contributed by atoms with Crippen LogP contribution in [-0.4, -0.2) is 70.4 Å². The third kappa shape index (κ3) is 5.90. The van der Waals surface area contributed by atoms with Gasteiger partial charge in [0.15, 0.2) is 0 Å². The summed E-state index contributed by atoms with van der Waals surface area (Å²) in [4.78, 5) is 34.4. The standard InChI is InChI=1S/C32H49ClN4O2/c1-24(2)36-22-29(38)37(25(3)26-11-13-27(33)14-12-26)32(30(36)39)18-20-35(23-32)28-21-31(17-19-34-28)15-9-7-5-4-6-8-10-16-31/h11-14,24-25,28,34H,4-10,15-23H2,1-3H3/t25-,28?,32?/m0/s1. The second-order valence-corrected chi connectivity index (χ2v) is 13.6. The molecule has 2 spiro atoms. The van der Waals surface area contributed by atoms with Gasteiger partial charge in [0.1, 0.15) is 12.1 Å². The molecule has 216 valence electrons. The Hall–Kier alpha value is -1.63. The normalized spacial score (nSPS) is 29.9. The van der Waals surface area contributed by atoms with Crippen LogP contribution < -0.4 is 5.32 Å². The van der Waals surface area contributed by atoms with E-state index < -0.39 is 5.54 Å². The maximum Gasteiger partial charge on any atom is 0.250 e. The fraction of sp³-hybridized carbons (Fsp3) is 0.750. The third-order valence-electron chi connectivity index (χ3n) is 10.4. The van der Waals surface area contributed by atoms with Gasteiger partial charge < -0.3 is 15.1 Å². The lowest BCUT2D eigenvalue weighted by molar-refractivity contribution is -0.169. The fourth-order valence-electron chi connectivity index (χ4n) is 8.07. The number of piperidine rings is 1. The molecule has 0 bridgehead atoms. The number of likely N-dealkylation sites (tertiary alicyclic amines) is 1. The van der Waals surface area contributed by atoms with Crippen LogP contribution in [0.5, 0.6) is 0 Å². The van der Waals surface area contributed by atoms with E-state index in [1.807, 2.05) is 47.9 Å². The SMILES string of the molecule is CC(C)N1CC(=O)N([C@@H](C)c2ccc(Cl)cc2)C2(CCN(C3CC4(CCCCCCCCC4)CCN3)C2)C1=O. The van der Waals surface area contributed by atoms with Crippen molar-refractivity contribution in [2.75, 3.05) is 26.2 Å². The molecule has 3 saturated heterocycles. The molecule has 1 saturated carbocycles. The molecule has 3 heterocycles. The predicted octanol–water partition coefficient (Wildman–Crippen LogP) is 6.15. The Labute approximate surface area is 240 Å². The van der Waals surface area contributed by atoms with Gasteiger partial charge in [-0.25, -0.2) is 0 Å². The lowest BCUT2D eigenvalue weighted by atomic mass is 9.70. The zero-order valence-electron chi connectivity index (χ0n) is 24.4. The van der Waals surface area contributed by atoms with Gasteiger partial charge in [0.05, 0.1) is 12.2 Å². The summed E-state index contributed by atoms with van der Waals surface area (Å²) < 4.78 is 0. The van der Waals surface area contributed by atoms with Gasteiger partial charge in [-0.05, 0) is 82.5 Å². The molecule has 6 nitrogen and oxygen atoms in total. The third-order valence-corrected chi connectivity index (χ3v) is 10.6. The summed E-state index contributed by atoms with van der Waals surface area (Å²) in [6.07, 6.45) is 15.6. The summed E-state index contributed by atoms with van der Waals surface area (Å²) in [6, 6.07) is 7.54. The van der Waals surface area contributed by atoms with Gasteiger partial charge in [-0.15, -0.1) is 0 Å². The van der Waals surface area contributed by atoms with E-state index in [0.29, 0.717) is 23.4 Å². The molecule has 0 aromatic heterocycles. The lowest BCUT2D eigenvalue weighted by Crippen LogP contribution is -2.70. The Kier molecular flexibility index (Phi) is 8.95. The van der Waals surface area contributed by atoms with Crippen LogP contribution in [0.2, 0.25) is 5.02 Å². The van der Waals surface area contributed by atoms with Crippen LogP contribution >= 0.6 is 11.6 Å². The molecule has 7 heteroatoms. The van der Waals surface area contributed by atoms with Crippen molar-refractivity contribution in [2.24, 2.45) is 5.41 Å². The Bertz CT molecular complexity index is 1000. The van der Waals surface area contributed by atoms with Gasteiger partial charge >= 0.3 is 0 Å². The average Bonchev–Trinajstić information content (AvgIpc) is 3.36. The molecule has 2 amide bonds. The van der Waals surface area contributed by atoms with Crippen molar-refractivity contribution in [1.82, 2.24) is 20.0 Å². The number of nitrogens with zero attached hydrogens (tertiary/aromatic N) is 3. The maximum atomic E-state index is 14.3. The van der Waals surface area contributed by atoms with E-state index in [9.17, 15) is 9.59 Å². The molecule has 4 fully saturated rings. The second kappa shape index (κ2) is 12.1. The quantitative estimate of drug-likeness (QED) is 0.483. The van der Waals surface area contributed by atoms with E-state index in [2.05, 4.69) is 17.1 Å². The number of nitrogens with one attached hydrogen (secondary N) is 1. The van der Waals surface area contributed by atoms with Gasteiger partial charge in [-0.1, -0.05) is 68.7 Å². The van der Waals surface area contributed by atoms with Crippen LogP contribution in [0.1, 0.15) is 109 Å². The largest absolute Gasteiger partial charge is 0.329 e. The first-order valence-electron chi connectivity index (χ1n) is 15.6. The van der Waals surface area contributed by atoms with Crippen molar-refractivity contribution in [3.05, 3.63) is 34.9 Å². The van der Waals surface area contributed by atoms with E-state index >= 15 is 0 Å². The first-order chi connectivity index (χ1) is 18.7. The number of amides is 2. The van der Waals surface area contributed by atoms with E-state index in [0.717, 1.165) is 25.1 Å². The molecule has 1 N–H and O–H groups in total. The maximum absolute atomic E-state index is 14.3. The number of halogens is 1. The summed E-state index contributed by atoms with van der Waals surface area (Å²) in [7, 11) is 0. The average molecular weight is 557 g/mol. The van der Waals surface area contributed by atoms with Crippen molar-refractivity contribution in [1.29, 1.82) is 0 Å². The molecule has 2 unspecified atom stereocenters. The Balaban J connectivity index is 1.40. The van der Waals surface area contributed by atoms with Crippen molar-refractivity contribution < 1.29 is 9.59 Å². The summed E-state index contributed by atoms with van der Waals surface area (Å²) >= 11 is 6.18.